The van der Waals surface area contributed by atoms with E-state index < -0.39 is 0 Å². The molecule has 0 saturated heterocycles. The van der Waals surface area contributed by atoms with Crippen LogP contribution in [0.5, 0.6) is 5.75 Å². The summed E-state index contributed by atoms with van der Waals surface area (Å²) in [6.07, 6.45) is 6.54. The second-order valence-corrected chi connectivity index (χ2v) is 9.11. The number of carbonyl (C=O) groups excluding carboxylic acids is 2. The number of benzene rings is 1. The standard InChI is InChI=1S/C26H28N4O3/c1-30(2)26(32)17-12-20-23(21(31)13-17)25(28-18-6-4-3-5-7-18)24(29-20)19-10-11-27-14-22(19)33-15-16-8-9-16/h3-7,10-11,14,16-17,28-29H,8-9,12-13,15H2,1-2H3. The first-order chi connectivity index (χ1) is 16.0. The molecule has 1 aromatic carbocycles. The molecule has 3 aromatic rings. The lowest BCUT2D eigenvalue weighted by molar-refractivity contribution is -0.133. The number of fused-ring (bicyclic) bond motifs is 1. The molecule has 2 heterocycles. The fourth-order valence-corrected chi connectivity index (χ4v) is 4.38. The minimum atomic E-state index is -0.362. The van der Waals surface area contributed by atoms with Gasteiger partial charge in [-0.05, 0) is 37.0 Å². The number of hydrogen-bond donors (Lipinski definition) is 2. The maximum atomic E-state index is 13.3. The zero-order chi connectivity index (χ0) is 22.9. The molecular weight excluding hydrogens is 416 g/mol. The van der Waals surface area contributed by atoms with Crippen molar-refractivity contribution in [2.45, 2.75) is 25.7 Å². The number of anilines is 2. The Labute approximate surface area is 193 Å². The van der Waals surface area contributed by atoms with Gasteiger partial charge in [-0.2, -0.15) is 0 Å². The Morgan fingerprint density at radius 1 is 1.18 bits per heavy atom. The third kappa shape index (κ3) is 4.35. The Morgan fingerprint density at radius 3 is 2.70 bits per heavy atom. The quantitative estimate of drug-likeness (QED) is 0.562. The molecule has 0 radical (unpaired) electrons. The number of ether oxygens (including phenoxy) is 1. The molecule has 2 aromatic heterocycles. The van der Waals surface area contributed by atoms with Crippen molar-refractivity contribution in [3.8, 4) is 17.0 Å². The Balaban J connectivity index is 1.59. The molecule has 1 fully saturated rings. The van der Waals surface area contributed by atoms with Crippen molar-refractivity contribution in [2.75, 3.05) is 26.0 Å². The number of nitrogens with one attached hydrogen (secondary N) is 2. The third-order valence-electron chi connectivity index (χ3n) is 6.30. The first-order valence-electron chi connectivity index (χ1n) is 11.4. The molecule has 7 heteroatoms. The summed E-state index contributed by atoms with van der Waals surface area (Å²) in [5.74, 6) is 0.870. The molecule has 0 bridgehead atoms. The number of ketones is 1. The molecule has 0 spiro atoms. The van der Waals surface area contributed by atoms with Crippen molar-refractivity contribution in [2.24, 2.45) is 11.8 Å². The zero-order valence-corrected chi connectivity index (χ0v) is 18.9. The fourth-order valence-electron chi connectivity index (χ4n) is 4.38. The van der Waals surface area contributed by atoms with E-state index in [2.05, 4.69) is 15.3 Å². The summed E-state index contributed by atoms with van der Waals surface area (Å²) >= 11 is 0. The van der Waals surface area contributed by atoms with Crippen LogP contribution in [-0.4, -0.2) is 47.3 Å². The van der Waals surface area contributed by atoms with Crippen molar-refractivity contribution < 1.29 is 14.3 Å². The second-order valence-electron chi connectivity index (χ2n) is 9.11. The number of carbonyl (C=O) groups is 2. The molecule has 1 amide bonds. The Kier molecular flexibility index (Phi) is 5.62. The molecule has 2 N–H and O–H groups in total. The van der Waals surface area contributed by atoms with Crippen LogP contribution >= 0.6 is 0 Å². The first kappa shape index (κ1) is 21.2. The topological polar surface area (TPSA) is 87.3 Å². The van der Waals surface area contributed by atoms with Crippen LogP contribution in [0.2, 0.25) is 0 Å². The highest BCUT2D eigenvalue weighted by atomic mass is 16.5. The molecule has 2 aliphatic carbocycles. The van der Waals surface area contributed by atoms with E-state index in [-0.39, 0.29) is 24.0 Å². The zero-order valence-electron chi connectivity index (χ0n) is 18.9. The van der Waals surface area contributed by atoms with E-state index in [1.165, 1.54) is 12.8 Å². The fraction of sp³-hybridized carbons (Fsp3) is 0.346. The van der Waals surface area contributed by atoms with Gasteiger partial charge in [0.15, 0.2) is 5.78 Å². The second kappa shape index (κ2) is 8.73. The number of pyridine rings is 1. The van der Waals surface area contributed by atoms with E-state index in [4.69, 9.17) is 4.74 Å². The lowest BCUT2D eigenvalue weighted by atomic mass is 9.85. The smallest absolute Gasteiger partial charge is 0.226 e. The van der Waals surface area contributed by atoms with Gasteiger partial charge in [-0.3, -0.25) is 14.6 Å². The third-order valence-corrected chi connectivity index (χ3v) is 6.30. The van der Waals surface area contributed by atoms with Gasteiger partial charge in [0.2, 0.25) is 5.91 Å². The van der Waals surface area contributed by atoms with Gasteiger partial charge in [0.1, 0.15) is 5.75 Å². The number of hydrogen-bond acceptors (Lipinski definition) is 5. The highest BCUT2D eigenvalue weighted by Crippen LogP contribution is 2.43. The van der Waals surface area contributed by atoms with Gasteiger partial charge in [-0.25, -0.2) is 0 Å². The molecule has 0 aliphatic heterocycles. The molecule has 1 saturated carbocycles. The van der Waals surface area contributed by atoms with E-state index in [9.17, 15) is 9.59 Å². The molecule has 170 valence electrons. The van der Waals surface area contributed by atoms with Crippen LogP contribution < -0.4 is 10.1 Å². The summed E-state index contributed by atoms with van der Waals surface area (Å²) in [5, 5.41) is 3.46. The predicted octanol–water partition coefficient (Wildman–Crippen LogP) is 4.44. The van der Waals surface area contributed by atoms with Gasteiger partial charge in [0.05, 0.1) is 35.7 Å². The maximum absolute atomic E-state index is 13.3. The lowest BCUT2D eigenvalue weighted by Crippen LogP contribution is -2.35. The summed E-state index contributed by atoms with van der Waals surface area (Å²) in [6.45, 7) is 0.666. The monoisotopic (exact) mass is 444 g/mol. The average molecular weight is 445 g/mol. The molecular formula is C26H28N4O3. The lowest BCUT2D eigenvalue weighted by Gasteiger charge is -2.24. The number of aromatic amines is 1. The summed E-state index contributed by atoms with van der Waals surface area (Å²) < 4.78 is 6.11. The molecule has 7 nitrogen and oxygen atoms in total. The highest BCUT2D eigenvalue weighted by Gasteiger charge is 2.36. The van der Waals surface area contributed by atoms with Gasteiger partial charge in [0.25, 0.3) is 0 Å². The van der Waals surface area contributed by atoms with Crippen LogP contribution in [0, 0.1) is 11.8 Å². The highest BCUT2D eigenvalue weighted by molar-refractivity contribution is 6.09. The van der Waals surface area contributed by atoms with E-state index in [0.717, 1.165) is 28.3 Å². The van der Waals surface area contributed by atoms with E-state index in [1.807, 2.05) is 36.4 Å². The van der Waals surface area contributed by atoms with Gasteiger partial charge in [-0.1, -0.05) is 18.2 Å². The Bertz CT molecular complexity index is 1180. The molecule has 1 unspecified atom stereocenters. The minimum absolute atomic E-state index is 0.0277. The van der Waals surface area contributed by atoms with E-state index >= 15 is 0 Å². The molecule has 1 atom stereocenters. The van der Waals surface area contributed by atoms with Crippen LogP contribution in [0.25, 0.3) is 11.3 Å². The van der Waals surface area contributed by atoms with Crippen LogP contribution in [-0.2, 0) is 11.2 Å². The number of Topliss-reactive ketones (excluding diaryl/α,β-unsaturated/α-hetero) is 1. The Morgan fingerprint density at radius 2 is 1.97 bits per heavy atom. The Hall–Kier alpha value is -3.61. The van der Waals surface area contributed by atoms with Gasteiger partial charge in [-0.15, -0.1) is 0 Å². The van der Waals surface area contributed by atoms with Crippen molar-refractivity contribution in [3.05, 3.63) is 60.0 Å². The van der Waals surface area contributed by atoms with Crippen LogP contribution in [0.1, 0.15) is 35.3 Å². The van der Waals surface area contributed by atoms with Gasteiger partial charge >= 0.3 is 0 Å². The SMILES string of the molecule is CN(C)C(=O)C1CC(=O)c2c([nH]c(-c3ccncc3OCC3CC3)c2Nc2ccccc2)C1. The first-order valence-corrected chi connectivity index (χ1v) is 11.4. The number of para-hydroxylation sites is 1. The van der Waals surface area contributed by atoms with Crippen LogP contribution in [0.3, 0.4) is 0 Å². The molecule has 33 heavy (non-hydrogen) atoms. The number of H-pyrrole nitrogens is 1. The molecule has 2 aliphatic rings. The van der Waals surface area contributed by atoms with E-state index in [1.54, 1.807) is 31.4 Å². The predicted molar refractivity (Wildman–Crippen MR) is 127 cm³/mol. The number of aromatic nitrogens is 2. The van der Waals surface area contributed by atoms with Gasteiger partial charge < -0.3 is 19.9 Å². The van der Waals surface area contributed by atoms with Crippen molar-refractivity contribution in [3.63, 3.8) is 0 Å². The number of amides is 1. The maximum Gasteiger partial charge on any atom is 0.226 e. The van der Waals surface area contributed by atoms with Crippen LogP contribution in [0.4, 0.5) is 11.4 Å². The van der Waals surface area contributed by atoms with Crippen molar-refractivity contribution in [1.82, 2.24) is 14.9 Å². The summed E-state index contributed by atoms with van der Waals surface area (Å²) in [5.41, 5.74) is 4.64. The number of nitrogens with zero attached hydrogens (tertiary/aromatic N) is 2. The summed E-state index contributed by atoms with van der Waals surface area (Å²) in [4.78, 5) is 35.2. The summed E-state index contributed by atoms with van der Waals surface area (Å²) in [7, 11) is 3.45. The van der Waals surface area contributed by atoms with Crippen molar-refractivity contribution in [1.29, 1.82) is 0 Å². The normalized spacial score (nSPS) is 17.4. The van der Waals surface area contributed by atoms with E-state index in [0.29, 0.717) is 30.3 Å². The van der Waals surface area contributed by atoms with Crippen LogP contribution in [0.15, 0.2) is 48.8 Å². The van der Waals surface area contributed by atoms with Crippen molar-refractivity contribution >= 4 is 23.1 Å². The minimum Gasteiger partial charge on any atom is -0.491 e. The summed E-state index contributed by atoms with van der Waals surface area (Å²) in [6, 6.07) is 11.7. The number of rotatable bonds is 7. The average Bonchev–Trinajstić information content (AvgIpc) is 3.58. The van der Waals surface area contributed by atoms with Gasteiger partial charge in [0, 0.05) is 50.1 Å². The molecule has 5 rings (SSSR count). The largest absolute Gasteiger partial charge is 0.491 e.